The third-order valence-electron chi connectivity index (χ3n) is 4.48. The lowest BCUT2D eigenvalue weighted by Gasteiger charge is -2.52. The molecule has 2 fully saturated rings. The second-order valence-electron chi connectivity index (χ2n) is 6.53. The Balaban J connectivity index is 0.000000771. The first-order valence-corrected chi connectivity index (χ1v) is 8.00. The molecule has 0 atom stereocenters. The van der Waals surface area contributed by atoms with Crippen molar-refractivity contribution in [1.29, 1.82) is 0 Å². The van der Waals surface area contributed by atoms with Gasteiger partial charge in [0.25, 0.3) is 0 Å². The standard InChI is InChI=1S/C14H28N2.C2H6/c1-12(2)11-16-6-4-14(5-7-16)8-13(9-14)10-15-3;1-2/h12-13,15H,4-11H2,1-3H3;1-2H3. The van der Waals surface area contributed by atoms with Crippen LogP contribution in [0.5, 0.6) is 0 Å². The van der Waals surface area contributed by atoms with Gasteiger partial charge in [-0.05, 0) is 69.6 Å². The minimum Gasteiger partial charge on any atom is -0.319 e. The molecule has 2 aliphatic rings. The topological polar surface area (TPSA) is 15.3 Å². The second-order valence-corrected chi connectivity index (χ2v) is 6.53. The maximum Gasteiger partial charge on any atom is 0.000439 e. The van der Waals surface area contributed by atoms with E-state index in [1.165, 1.54) is 51.9 Å². The highest BCUT2D eigenvalue weighted by Crippen LogP contribution is 2.52. The van der Waals surface area contributed by atoms with Gasteiger partial charge in [0.1, 0.15) is 0 Å². The summed E-state index contributed by atoms with van der Waals surface area (Å²) in [5.41, 5.74) is 0.759. The van der Waals surface area contributed by atoms with Crippen LogP contribution in [0.25, 0.3) is 0 Å². The number of hydrogen-bond acceptors (Lipinski definition) is 2. The van der Waals surface area contributed by atoms with E-state index < -0.39 is 0 Å². The minimum absolute atomic E-state index is 0.759. The lowest BCUT2D eigenvalue weighted by Crippen LogP contribution is -2.49. The fraction of sp³-hybridized carbons (Fsp3) is 1.00. The van der Waals surface area contributed by atoms with E-state index in [0.717, 1.165) is 17.3 Å². The monoisotopic (exact) mass is 254 g/mol. The van der Waals surface area contributed by atoms with Crippen LogP contribution < -0.4 is 5.32 Å². The molecule has 0 aromatic heterocycles. The van der Waals surface area contributed by atoms with Crippen LogP contribution in [0.4, 0.5) is 0 Å². The van der Waals surface area contributed by atoms with Crippen molar-refractivity contribution < 1.29 is 0 Å². The lowest BCUT2D eigenvalue weighted by atomic mass is 9.57. The van der Waals surface area contributed by atoms with E-state index in [9.17, 15) is 0 Å². The third-order valence-corrected chi connectivity index (χ3v) is 4.48. The van der Waals surface area contributed by atoms with Gasteiger partial charge in [0, 0.05) is 6.54 Å². The number of piperidine rings is 1. The van der Waals surface area contributed by atoms with Crippen molar-refractivity contribution >= 4 is 0 Å². The van der Waals surface area contributed by atoms with Crippen LogP contribution >= 0.6 is 0 Å². The summed E-state index contributed by atoms with van der Waals surface area (Å²) in [4.78, 5) is 2.67. The Morgan fingerprint density at radius 2 is 1.72 bits per heavy atom. The molecule has 1 saturated heterocycles. The van der Waals surface area contributed by atoms with Crippen molar-refractivity contribution in [2.75, 3.05) is 33.2 Å². The van der Waals surface area contributed by atoms with E-state index in [1.807, 2.05) is 13.8 Å². The fourth-order valence-electron chi connectivity index (χ4n) is 3.73. The predicted molar refractivity (Wildman–Crippen MR) is 80.9 cm³/mol. The first kappa shape index (κ1) is 16.0. The molecule has 1 N–H and O–H groups in total. The van der Waals surface area contributed by atoms with E-state index in [-0.39, 0.29) is 0 Å². The molecule has 108 valence electrons. The van der Waals surface area contributed by atoms with Gasteiger partial charge < -0.3 is 10.2 Å². The molecule has 0 aromatic carbocycles. The Morgan fingerprint density at radius 3 is 2.17 bits per heavy atom. The molecule has 2 heteroatoms. The van der Waals surface area contributed by atoms with E-state index in [0.29, 0.717) is 0 Å². The average Bonchev–Trinajstić information content (AvgIpc) is 2.32. The van der Waals surface area contributed by atoms with Gasteiger partial charge in [-0.3, -0.25) is 0 Å². The van der Waals surface area contributed by atoms with Crippen molar-refractivity contribution in [3.63, 3.8) is 0 Å². The van der Waals surface area contributed by atoms with Gasteiger partial charge in [-0.15, -0.1) is 0 Å². The van der Waals surface area contributed by atoms with Crippen molar-refractivity contribution in [3.8, 4) is 0 Å². The highest BCUT2D eigenvalue weighted by molar-refractivity contribution is 4.97. The van der Waals surface area contributed by atoms with Crippen LogP contribution in [0, 0.1) is 17.3 Å². The largest absolute Gasteiger partial charge is 0.319 e. The van der Waals surface area contributed by atoms with Crippen LogP contribution in [0.15, 0.2) is 0 Å². The van der Waals surface area contributed by atoms with Gasteiger partial charge >= 0.3 is 0 Å². The summed E-state index contributed by atoms with van der Waals surface area (Å²) in [5.74, 6) is 1.80. The van der Waals surface area contributed by atoms with E-state index in [4.69, 9.17) is 0 Å². The van der Waals surface area contributed by atoms with Crippen molar-refractivity contribution in [2.24, 2.45) is 17.3 Å². The fourth-order valence-corrected chi connectivity index (χ4v) is 3.73. The second kappa shape index (κ2) is 7.49. The Labute approximate surface area is 115 Å². The average molecular weight is 254 g/mol. The molecule has 1 aliphatic carbocycles. The predicted octanol–water partition coefficient (Wildman–Crippen LogP) is 3.38. The Morgan fingerprint density at radius 1 is 1.17 bits per heavy atom. The first-order chi connectivity index (χ1) is 8.63. The van der Waals surface area contributed by atoms with Gasteiger partial charge in [0.2, 0.25) is 0 Å². The van der Waals surface area contributed by atoms with E-state index in [2.05, 4.69) is 31.1 Å². The summed E-state index contributed by atoms with van der Waals surface area (Å²) in [6, 6.07) is 0. The minimum atomic E-state index is 0.759. The molecular formula is C16H34N2. The summed E-state index contributed by atoms with van der Waals surface area (Å²) < 4.78 is 0. The molecule has 2 rings (SSSR count). The maximum absolute atomic E-state index is 3.32. The molecule has 1 aliphatic heterocycles. The Hall–Kier alpha value is -0.0800. The summed E-state index contributed by atoms with van der Waals surface area (Å²) in [7, 11) is 2.08. The highest BCUT2D eigenvalue weighted by atomic mass is 15.1. The number of likely N-dealkylation sites (tertiary alicyclic amines) is 1. The van der Waals surface area contributed by atoms with Crippen molar-refractivity contribution in [2.45, 2.75) is 53.4 Å². The van der Waals surface area contributed by atoms with Gasteiger partial charge in [0.05, 0.1) is 0 Å². The number of nitrogens with one attached hydrogen (secondary N) is 1. The highest BCUT2D eigenvalue weighted by Gasteiger charge is 2.44. The molecule has 0 aromatic rings. The summed E-state index contributed by atoms with van der Waals surface area (Å²) >= 11 is 0. The Kier molecular flexibility index (Phi) is 6.65. The van der Waals surface area contributed by atoms with Gasteiger partial charge in [0.15, 0.2) is 0 Å². The zero-order valence-corrected chi connectivity index (χ0v) is 13.3. The van der Waals surface area contributed by atoms with E-state index >= 15 is 0 Å². The van der Waals surface area contributed by atoms with Crippen LogP contribution in [0.2, 0.25) is 0 Å². The van der Waals surface area contributed by atoms with Crippen LogP contribution in [-0.2, 0) is 0 Å². The molecule has 0 bridgehead atoms. The summed E-state index contributed by atoms with van der Waals surface area (Å²) in [5, 5.41) is 3.32. The molecule has 0 radical (unpaired) electrons. The van der Waals surface area contributed by atoms with Crippen LogP contribution in [-0.4, -0.2) is 38.1 Å². The van der Waals surface area contributed by atoms with Gasteiger partial charge in [-0.2, -0.15) is 0 Å². The molecule has 1 heterocycles. The normalized spacial score (nSPS) is 23.7. The molecular weight excluding hydrogens is 220 g/mol. The molecule has 0 unspecified atom stereocenters. The number of nitrogens with zero attached hydrogens (tertiary/aromatic N) is 1. The SMILES string of the molecule is CC.CNCC1CC2(CCN(CC(C)C)CC2)C1. The summed E-state index contributed by atoms with van der Waals surface area (Å²) in [6.07, 6.45) is 5.90. The zero-order valence-electron chi connectivity index (χ0n) is 13.3. The smallest absolute Gasteiger partial charge is 0.000439 e. The van der Waals surface area contributed by atoms with Crippen LogP contribution in [0.3, 0.4) is 0 Å². The van der Waals surface area contributed by atoms with Crippen LogP contribution in [0.1, 0.15) is 53.4 Å². The van der Waals surface area contributed by atoms with Gasteiger partial charge in [-0.1, -0.05) is 27.7 Å². The van der Waals surface area contributed by atoms with E-state index in [1.54, 1.807) is 0 Å². The summed E-state index contributed by atoms with van der Waals surface area (Å²) in [6.45, 7) is 13.9. The molecule has 1 spiro atoms. The molecule has 18 heavy (non-hydrogen) atoms. The number of hydrogen-bond donors (Lipinski definition) is 1. The molecule has 2 nitrogen and oxygen atoms in total. The van der Waals surface area contributed by atoms with Crippen molar-refractivity contribution in [1.82, 2.24) is 10.2 Å². The van der Waals surface area contributed by atoms with Gasteiger partial charge in [-0.25, -0.2) is 0 Å². The first-order valence-electron chi connectivity index (χ1n) is 8.00. The quantitative estimate of drug-likeness (QED) is 0.827. The lowest BCUT2D eigenvalue weighted by molar-refractivity contribution is -0.0141. The maximum atomic E-state index is 3.32. The van der Waals surface area contributed by atoms with Crippen molar-refractivity contribution in [3.05, 3.63) is 0 Å². The molecule has 0 amide bonds. The molecule has 1 saturated carbocycles. The Bertz CT molecular complexity index is 209. The number of rotatable bonds is 4. The zero-order chi connectivity index (χ0) is 13.6. The third kappa shape index (κ3) is 4.24.